The van der Waals surface area contributed by atoms with Gasteiger partial charge < -0.3 is 9.45 Å². The van der Waals surface area contributed by atoms with E-state index < -0.39 is 10.1 Å². The van der Waals surface area contributed by atoms with Crippen LogP contribution in [0, 0.1) is 0 Å². The summed E-state index contributed by atoms with van der Waals surface area (Å²) >= 11 is 1.76. The number of fused-ring (bicyclic) bond motifs is 1. The third-order valence-electron chi connectivity index (χ3n) is 4.20. The van der Waals surface area contributed by atoms with Crippen LogP contribution in [0.3, 0.4) is 0 Å². The summed E-state index contributed by atoms with van der Waals surface area (Å²) in [5.41, 5.74) is 1.06. The molecule has 1 aromatic carbocycles. The lowest BCUT2D eigenvalue weighted by atomic mass is 9.98. The van der Waals surface area contributed by atoms with E-state index in [1.165, 1.54) is 14.6 Å². The summed E-state index contributed by atoms with van der Waals surface area (Å²) in [6.45, 7) is 2.79. The first-order valence-corrected chi connectivity index (χ1v) is 10.0. The zero-order valence-corrected chi connectivity index (χ0v) is 14.0. The summed E-state index contributed by atoms with van der Waals surface area (Å²) in [7, 11) is -4.08. The number of para-hydroxylation sites is 1. The van der Waals surface area contributed by atoms with E-state index >= 15 is 0 Å². The second kappa shape index (κ2) is 6.62. The van der Waals surface area contributed by atoms with Gasteiger partial charge in [0.25, 0.3) is 0 Å². The van der Waals surface area contributed by atoms with Crippen LogP contribution in [0.15, 0.2) is 24.3 Å². The minimum atomic E-state index is -4.08. The molecule has 1 N–H and O–H groups in total. The number of hydrogen-bond acceptors (Lipinski definition) is 5. The Morgan fingerprint density at radius 2 is 2.18 bits per heavy atom. The van der Waals surface area contributed by atoms with Crippen molar-refractivity contribution in [2.75, 3.05) is 25.4 Å². The molecule has 0 radical (unpaired) electrons. The number of nitrogens with one attached hydrogen (secondary N) is 1. The summed E-state index contributed by atoms with van der Waals surface area (Å²) in [6, 6.07) is 8.19. The quantitative estimate of drug-likeness (QED) is 0.824. The van der Waals surface area contributed by atoms with E-state index in [9.17, 15) is 13.0 Å². The van der Waals surface area contributed by atoms with Gasteiger partial charge in [-0.15, -0.1) is 11.3 Å². The fraction of sp³-hybridized carbons (Fsp3) is 0.533. The molecule has 1 fully saturated rings. The predicted octanol–water partition coefficient (Wildman–Crippen LogP) is 0.994. The molecular formula is C15H20N2O3S2. The number of piperidine rings is 1. The van der Waals surface area contributed by atoms with Crippen LogP contribution in [-0.2, 0) is 10.1 Å². The molecule has 0 aliphatic carbocycles. The lowest BCUT2D eigenvalue weighted by molar-refractivity contribution is -0.906. The summed E-state index contributed by atoms with van der Waals surface area (Å²) in [6.07, 6.45) is 2.72. The number of thiazole rings is 1. The number of quaternary nitrogens is 1. The molecule has 0 amide bonds. The van der Waals surface area contributed by atoms with Crippen LogP contribution in [0.2, 0.25) is 0 Å². The molecule has 0 spiro atoms. The van der Waals surface area contributed by atoms with Crippen LogP contribution in [-0.4, -0.2) is 43.3 Å². The van der Waals surface area contributed by atoms with Gasteiger partial charge in [0.2, 0.25) is 0 Å². The van der Waals surface area contributed by atoms with Gasteiger partial charge in [-0.3, -0.25) is 0 Å². The van der Waals surface area contributed by atoms with Crippen LogP contribution >= 0.6 is 11.3 Å². The van der Waals surface area contributed by atoms with Crippen LogP contribution in [0.5, 0.6) is 0 Å². The number of aromatic nitrogens is 1. The third-order valence-corrected chi connectivity index (χ3v) is 6.19. The Hall–Kier alpha value is -1.02. The van der Waals surface area contributed by atoms with Gasteiger partial charge in [0, 0.05) is 12.2 Å². The van der Waals surface area contributed by atoms with Crippen molar-refractivity contribution in [3.05, 3.63) is 29.3 Å². The van der Waals surface area contributed by atoms with Crippen molar-refractivity contribution in [2.45, 2.75) is 25.2 Å². The first kappa shape index (κ1) is 15.9. The van der Waals surface area contributed by atoms with Gasteiger partial charge in [-0.25, -0.2) is 13.4 Å². The van der Waals surface area contributed by atoms with Gasteiger partial charge in [-0.2, -0.15) is 0 Å². The maximum atomic E-state index is 10.7. The van der Waals surface area contributed by atoms with Crippen LogP contribution in [0.4, 0.5) is 0 Å². The molecule has 1 aromatic heterocycles. The topological polar surface area (TPSA) is 74.5 Å². The summed E-state index contributed by atoms with van der Waals surface area (Å²) in [4.78, 5) is 6.14. The Morgan fingerprint density at radius 1 is 1.36 bits per heavy atom. The summed E-state index contributed by atoms with van der Waals surface area (Å²) in [5.74, 6) is 0.201. The van der Waals surface area contributed by atoms with Crippen molar-refractivity contribution in [1.82, 2.24) is 4.98 Å². The van der Waals surface area contributed by atoms with Crippen LogP contribution < -0.4 is 4.90 Å². The number of hydrogen-bond donors (Lipinski definition) is 1. The highest BCUT2D eigenvalue weighted by atomic mass is 32.2. The number of rotatable bonds is 5. The van der Waals surface area contributed by atoms with E-state index in [0.717, 1.165) is 38.0 Å². The van der Waals surface area contributed by atoms with Crippen molar-refractivity contribution in [3.63, 3.8) is 0 Å². The molecule has 5 nitrogen and oxygen atoms in total. The molecule has 1 saturated heterocycles. The lowest BCUT2D eigenvalue weighted by Gasteiger charge is -2.29. The first-order valence-electron chi connectivity index (χ1n) is 7.64. The molecule has 2 heterocycles. The zero-order chi connectivity index (χ0) is 15.6. The average Bonchev–Trinajstić information content (AvgIpc) is 2.90. The Balaban J connectivity index is 1.62. The highest BCUT2D eigenvalue weighted by Gasteiger charge is 2.26. The Labute approximate surface area is 134 Å². The monoisotopic (exact) mass is 340 g/mol. The van der Waals surface area contributed by atoms with E-state index in [2.05, 4.69) is 6.07 Å². The van der Waals surface area contributed by atoms with Gasteiger partial charge in [-0.05, 0) is 25.0 Å². The number of nitrogens with zero attached hydrogens (tertiary/aromatic N) is 1. The van der Waals surface area contributed by atoms with Gasteiger partial charge in [0.05, 0.1) is 45.9 Å². The number of benzene rings is 1. The van der Waals surface area contributed by atoms with Gasteiger partial charge in [-0.1, -0.05) is 12.1 Å². The molecule has 120 valence electrons. The average molecular weight is 340 g/mol. The largest absolute Gasteiger partial charge is 0.748 e. The second-order valence-electron chi connectivity index (χ2n) is 5.93. The van der Waals surface area contributed by atoms with E-state index in [1.54, 1.807) is 11.3 Å². The summed E-state index contributed by atoms with van der Waals surface area (Å²) in [5, 5.41) is 1.19. The molecule has 22 heavy (non-hydrogen) atoms. The van der Waals surface area contributed by atoms with Gasteiger partial charge >= 0.3 is 0 Å². The molecule has 2 aromatic rings. The maximum absolute atomic E-state index is 10.7. The van der Waals surface area contributed by atoms with Gasteiger partial charge in [0.15, 0.2) is 0 Å². The molecule has 0 bridgehead atoms. The van der Waals surface area contributed by atoms with E-state index in [-0.39, 0.29) is 5.75 Å². The lowest BCUT2D eigenvalue weighted by Crippen LogP contribution is -3.13. The predicted molar refractivity (Wildman–Crippen MR) is 86.3 cm³/mol. The molecule has 1 aliphatic rings. The molecule has 1 unspecified atom stereocenters. The third kappa shape index (κ3) is 4.04. The Morgan fingerprint density at radius 3 is 2.95 bits per heavy atom. The van der Waals surface area contributed by atoms with E-state index in [0.29, 0.717) is 12.3 Å². The van der Waals surface area contributed by atoms with Crippen LogP contribution in [0.25, 0.3) is 10.2 Å². The van der Waals surface area contributed by atoms with Crippen molar-refractivity contribution < 1.29 is 17.9 Å². The SMILES string of the molecule is O=S(=O)([O-])CCC[NH+]1CCC[C@@H](c2nc3ccccc3s2)C1. The molecule has 7 heteroatoms. The van der Waals surface area contributed by atoms with Crippen molar-refractivity contribution >= 4 is 31.7 Å². The van der Waals surface area contributed by atoms with Crippen molar-refractivity contribution in [3.8, 4) is 0 Å². The van der Waals surface area contributed by atoms with Crippen molar-refractivity contribution in [1.29, 1.82) is 0 Å². The minimum Gasteiger partial charge on any atom is -0.748 e. The van der Waals surface area contributed by atoms with Crippen molar-refractivity contribution in [2.24, 2.45) is 0 Å². The molecular weight excluding hydrogens is 320 g/mol. The highest BCUT2D eigenvalue weighted by molar-refractivity contribution is 7.85. The number of likely N-dealkylation sites (tertiary alicyclic amines) is 1. The smallest absolute Gasteiger partial charge is 0.103 e. The Kier molecular flexibility index (Phi) is 4.77. The normalized spacial score (nSPS) is 23.0. The zero-order valence-electron chi connectivity index (χ0n) is 12.3. The fourth-order valence-corrected chi connectivity index (χ4v) is 4.75. The molecule has 2 atom stereocenters. The molecule has 0 saturated carbocycles. The highest BCUT2D eigenvalue weighted by Crippen LogP contribution is 2.30. The maximum Gasteiger partial charge on any atom is 0.103 e. The van der Waals surface area contributed by atoms with Crippen LogP contribution in [0.1, 0.15) is 30.2 Å². The summed E-state index contributed by atoms with van der Waals surface area (Å²) < 4.78 is 33.3. The minimum absolute atomic E-state index is 0.248. The Bertz CT molecular complexity index is 709. The molecule has 3 rings (SSSR count). The standard InChI is InChI=1S/C15H20N2O3S2/c18-22(19,20)10-4-9-17-8-3-5-12(11-17)15-16-13-6-1-2-7-14(13)21-15/h1-2,6-7,12H,3-5,8-11H2,(H,18,19,20)/t12-/m1/s1. The second-order valence-corrected chi connectivity index (χ2v) is 8.51. The van der Waals surface area contributed by atoms with E-state index in [1.807, 2.05) is 18.2 Å². The molecule has 1 aliphatic heterocycles. The van der Waals surface area contributed by atoms with E-state index in [4.69, 9.17) is 4.98 Å². The first-order chi connectivity index (χ1) is 10.5. The fourth-order valence-electron chi connectivity index (χ4n) is 3.15. The van der Waals surface area contributed by atoms with Gasteiger partial charge in [0.1, 0.15) is 5.01 Å².